The van der Waals surface area contributed by atoms with Gasteiger partial charge in [0, 0.05) is 11.5 Å². The third-order valence-corrected chi connectivity index (χ3v) is 6.51. The summed E-state index contributed by atoms with van der Waals surface area (Å²) in [6, 6.07) is 0. The lowest BCUT2D eigenvalue weighted by molar-refractivity contribution is -0.172. The maximum absolute atomic E-state index is 13.3. The van der Waals surface area contributed by atoms with Crippen LogP contribution in [0.4, 0.5) is 0 Å². The number of hydrogen-bond donors (Lipinski definition) is 0. The number of ketones is 1. The monoisotopic (exact) mass is 418 g/mol. The van der Waals surface area contributed by atoms with Crippen LogP contribution >= 0.6 is 0 Å². The van der Waals surface area contributed by atoms with Crippen molar-refractivity contribution in [2.75, 3.05) is 20.3 Å². The molecule has 0 spiro atoms. The van der Waals surface area contributed by atoms with Crippen LogP contribution in [0.1, 0.15) is 52.4 Å². The van der Waals surface area contributed by atoms with E-state index >= 15 is 0 Å². The van der Waals surface area contributed by atoms with Crippen molar-refractivity contribution in [1.29, 1.82) is 0 Å². The molecule has 7 heteroatoms. The number of ether oxygens (including phenoxy) is 3. The van der Waals surface area contributed by atoms with Crippen LogP contribution in [0.5, 0.6) is 0 Å². The molecule has 3 aliphatic rings. The standard InChI is InChI=1S/C23H30O7/c1-4-29-21(26)23(22(27)30-5-2)12-16-17(13-23)19(24)15(18(16)20(25)28-3)11-14-9-7-6-8-10-14/h9,11,16-18H,4-8,10,12-13H2,1-3H3/b15-11+/t16-,17+,18-/m0/s1. The number of carbonyl (C=O) groups is 4. The Labute approximate surface area is 176 Å². The minimum absolute atomic E-state index is 0.00194. The highest BCUT2D eigenvalue weighted by atomic mass is 16.6. The average Bonchev–Trinajstić information content (AvgIpc) is 3.25. The largest absolute Gasteiger partial charge is 0.469 e. The zero-order valence-corrected chi connectivity index (χ0v) is 17.9. The summed E-state index contributed by atoms with van der Waals surface area (Å²) in [5.41, 5.74) is -0.0642. The highest BCUT2D eigenvalue weighted by Gasteiger charge is 2.65. The third-order valence-electron chi connectivity index (χ3n) is 6.51. The lowest BCUT2D eigenvalue weighted by Gasteiger charge is -2.26. The number of carbonyl (C=O) groups excluding carboxylic acids is 4. The van der Waals surface area contributed by atoms with Crippen molar-refractivity contribution in [1.82, 2.24) is 0 Å². The van der Waals surface area contributed by atoms with Crippen LogP contribution in [0, 0.1) is 23.2 Å². The first-order valence-electron chi connectivity index (χ1n) is 10.8. The van der Waals surface area contributed by atoms with Crippen LogP contribution in [0.15, 0.2) is 23.3 Å². The van der Waals surface area contributed by atoms with Crippen molar-refractivity contribution in [2.45, 2.75) is 52.4 Å². The van der Waals surface area contributed by atoms with E-state index in [0.717, 1.165) is 31.3 Å². The molecule has 0 aliphatic heterocycles. The van der Waals surface area contributed by atoms with Crippen LogP contribution in [-0.2, 0) is 33.4 Å². The van der Waals surface area contributed by atoms with Crippen LogP contribution < -0.4 is 0 Å². The molecule has 0 unspecified atom stereocenters. The van der Waals surface area contributed by atoms with Crippen molar-refractivity contribution in [2.24, 2.45) is 23.2 Å². The molecule has 3 atom stereocenters. The lowest BCUT2D eigenvalue weighted by atomic mass is 9.80. The van der Waals surface area contributed by atoms with E-state index < -0.39 is 41.1 Å². The van der Waals surface area contributed by atoms with Crippen molar-refractivity contribution in [3.63, 3.8) is 0 Å². The first kappa shape index (κ1) is 22.2. The van der Waals surface area contributed by atoms with E-state index in [1.54, 1.807) is 13.8 Å². The Balaban J connectivity index is 1.99. The number of allylic oxidation sites excluding steroid dienone is 3. The van der Waals surface area contributed by atoms with Crippen LogP contribution in [0.3, 0.4) is 0 Å². The topological polar surface area (TPSA) is 96.0 Å². The van der Waals surface area contributed by atoms with Crippen molar-refractivity contribution in [3.05, 3.63) is 23.3 Å². The average molecular weight is 418 g/mol. The van der Waals surface area contributed by atoms with Crippen molar-refractivity contribution < 1.29 is 33.4 Å². The van der Waals surface area contributed by atoms with E-state index in [-0.39, 0.29) is 31.8 Å². The van der Waals surface area contributed by atoms with Crippen LogP contribution in [0.25, 0.3) is 0 Å². The third kappa shape index (κ3) is 3.82. The number of Topliss-reactive ketones (excluding diaryl/α,β-unsaturated/α-hetero) is 1. The Morgan fingerprint density at radius 3 is 2.30 bits per heavy atom. The Kier molecular flexibility index (Phi) is 6.78. The minimum atomic E-state index is -1.56. The van der Waals surface area contributed by atoms with Crippen molar-refractivity contribution in [3.8, 4) is 0 Å². The highest BCUT2D eigenvalue weighted by Crippen LogP contribution is 2.57. The number of rotatable bonds is 6. The molecule has 0 aromatic rings. The molecular weight excluding hydrogens is 388 g/mol. The van der Waals surface area contributed by atoms with Crippen molar-refractivity contribution >= 4 is 23.7 Å². The molecule has 0 aromatic heterocycles. The first-order valence-corrected chi connectivity index (χ1v) is 10.8. The molecule has 0 N–H and O–H groups in total. The van der Waals surface area contributed by atoms with Gasteiger partial charge >= 0.3 is 17.9 Å². The second-order valence-corrected chi connectivity index (χ2v) is 8.19. The van der Waals surface area contributed by atoms with Gasteiger partial charge in [0.2, 0.25) is 0 Å². The van der Waals surface area contributed by atoms with E-state index in [1.807, 2.05) is 6.08 Å². The van der Waals surface area contributed by atoms with Gasteiger partial charge < -0.3 is 14.2 Å². The molecule has 0 bridgehead atoms. The number of hydrogen-bond acceptors (Lipinski definition) is 7. The van der Waals surface area contributed by atoms with Gasteiger partial charge in [-0.15, -0.1) is 0 Å². The first-order chi connectivity index (χ1) is 14.4. The second-order valence-electron chi connectivity index (χ2n) is 8.19. The molecule has 0 aromatic carbocycles. The Bertz CT molecular complexity index is 773. The summed E-state index contributed by atoms with van der Waals surface area (Å²) in [5, 5.41) is 0. The molecule has 0 saturated heterocycles. The summed E-state index contributed by atoms with van der Waals surface area (Å²) in [6.07, 6.45) is 7.97. The SMILES string of the molecule is CCOC(=O)C1(C(=O)OCC)C[C@H]2[C@@H](C1)C(=O)/C(=C/C1=CCCCC1)[C@@H]2C(=O)OC. The number of fused-ring (bicyclic) bond motifs is 1. The van der Waals surface area contributed by atoms with Gasteiger partial charge in [-0.1, -0.05) is 17.7 Å². The summed E-state index contributed by atoms with van der Waals surface area (Å²) in [6.45, 7) is 3.55. The summed E-state index contributed by atoms with van der Waals surface area (Å²) in [7, 11) is 1.29. The van der Waals surface area contributed by atoms with Gasteiger partial charge in [-0.25, -0.2) is 0 Å². The molecule has 2 saturated carbocycles. The van der Waals surface area contributed by atoms with Gasteiger partial charge in [-0.3, -0.25) is 19.2 Å². The van der Waals surface area contributed by atoms with E-state index in [4.69, 9.17) is 14.2 Å². The molecule has 3 aliphatic carbocycles. The smallest absolute Gasteiger partial charge is 0.323 e. The zero-order valence-electron chi connectivity index (χ0n) is 17.9. The normalized spacial score (nSPS) is 28.6. The minimum Gasteiger partial charge on any atom is -0.469 e. The number of esters is 3. The molecule has 2 fully saturated rings. The predicted molar refractivity (Wildman–Crippen MR) is 107 cm³/mol. The molecule has 164 valence electrons. The summed E-state index contributed by atoms with van der Waals surface area (Å²) in [4.78, 5) is 51.6. The zero-order chi connectivity index (χ0) is 21.9. The molecule has 3 rings (SSSR count). The Morgan fingerprint density at radius 1 is 1.10 bits per heavy atom. The molecule has 30 heavy (non-hydrogen) atoms. The van der Waals surface area contributed by atoms with Gasteiger partial charge in [0.1, 0.15) is 0 Å². The highest BCUT2D eigenvalue weighted by molar-refractivity contribution is 6.09. The van der Waals surface area contributed by atoms with E-state index in [9.17, 15) is 19.2 Å². The fourth-order valence-corrected chi connectivity index (χ4v) is 5.13. The molecule has 7 nitrogen and oxygen atoms in total. The quantitative estimate of drug-likeness (QED) is 0.283. The molecule has 0 heterocycles. The Hall–Kier alpha value is -2.44. The summed E-state index contributed by atoms with van der Waals surface area (Å²) >= 11 is 0. The fraction of sp³-hybridized carbons (Fsp3) is 0.652. The van der Waals surface area contributed by atoms with E-state index in [1.165, 1.54) is 7.11 Å². The second kappa shape index (κ2) is 9.14. The maximum Gasteiger partial charge on any atom is 0.323 e. The molecule has 0 amide bonds. The molecule has 0 radical (unpaired) electrons. The van der Waals surface area contributed by atoms with Gasteiger partial charge in [-0.2, -0.15) is 0 Å². The lowest BCUT2D eigenvalue weighted by Crippen LogP contribution is -2.41. The summed E-state index contributed by atoms with van der Waals surface area (Å²) < 4.78 is 15.4. The van der Waals surface area contributed by atoms with Gasteiger partial charge in [-0.05, 0) is 58.3 Å². The maximum atomic E-state index is 13.3. The Morgan fingerprint density at radius 2 is 1.77 bits per heavy atom. The fourth-order valence-electron chi connectivity index (χ4n) is 5.13. The van der Waals surface area contributed by atoms with Crippen LogP contribution in [0.2, 0.25) is 0 Å². The van der Waals surface area contributed by atoms with Gasteiger partial charge in [0.05, 0.1) is 26.2 Å². The number of methoxy groups -OCH3 is 1. The van der Waals surface area contributed by atoms with Gasteiger partial charge in [0.15, 0.2) is 11.2 Å². The molecular formula is C23H30O7. The van der Waals surface area contributed by atoms with E-state index in [2.05, 4.69) is 6.08 Å². The predicted octanol–water partition coefficient (Wildman–Crippen LogP) is 2.92. The summed E-state index contributed by atoms with van der Waals surface area (Å²) in [5.74, 6) is -3.96. The van der Waals surface area contributed by atoms with E-state index in [0.29, 0.717) is 5.57 Å². The van der Waals surface area contributed by atoms with Gasteiger partial charge in [0.25, 0.3) is 0 Å². The van der Waals surface area contributed by atoms with Crippen LogP contribution in [-0.4, -0.2) is 44.0 Å².